The Morgan fingerprint density at radius 3 is 2.15 bits per heavy atom. The van der Waals surface area contributed by atoms with Gasteiger partial charge in [0.25, 0.3) is 5.91 Å². The first-order chi connectivity index (χ1) is 12.9. The minimum atomic E-state index is -0.739. The second-order valence-electron chi connectivity index (χ2n) is 6.34. The Balaban J connectivity index is 2.04. The summed E-state index contributed by atoms with van der Waals surface area (Å²) in [5.41, 5.74) is 1.55. The highest BCUT2D eigenvalue weighted by Gasteiger charge is 2.24. The van der Waals surface area contributed by atoms with Gasteiger partial charge in [-0.2, -0.15) is 0 Å². The highest BCUT2D eigenvalue weighted by atomic mass is 16.2. The van der Waals surface area contributed by atoms with Crippen molar-refractivity contribution in [3.05, 3.63) is 60.2 Å². The molecule has 2 aromatic carbocycles. The molecule has 4 amide bonds. The smallest absolute Gasteiger partial charge is 0.319 e. The van der Waals surface area contributed by atoms with Gasteiger partial charge in [-0.05, 0) is 36.2 Å². The third-order valence-corrected chi connectivity index (χ3v) is 3.89. The number of carbonyl (C=O) groups excluding carboxylic acids is 3. The van der Waals surface area contributed by atoms with Crippen LogP contribution in [0.5, 0.6) is 0 Å². The lowest BCUT2D eigenvalue weighted by molar-refractivity contribution is -0.118. The number of carbonyl (C=O) groups is 3. The van der Waals surface area contributed by atoms with E-state index in [4.69, 9.17) is 0 Å². The maximum atomic E-state index is 12.6. The molecule has 0 bridgehead atoms. The fourth-order valence-electron chi connectivity index (χ4n) is 2.47. The third-order valence-electron chi connectivity index (χ3n) is 3.89. The van der Waals surface area contributed by atoms with Crippen molar-refractivity contribution >= 4 is 29.2 Å². The number of amides is 4. The number of hydrogen-bond donors (Lipinski definition) is 4. The molecular formula is C20H24N4O3. The Labute approximate surface area is 158 Å². The largest absolute Gasteiger partial charge is 0.355 e. The van der Waals surface area contributed by atoms with Gasteiger partial charge in [-0.15, -0.1) is 0 Å². The number of urea groups is 1. The van der Waals surface area contributed by atoms with Gasteiger partial charge in [0.1, 0.15) is 6.04 Å². The summed E-state index contributed by atoms with van der Waals surface area (Å²) >= 11 is 0. The summed E-state index contributed by atoms with van der Waals surface area (Å²) in [5, 5.41) is 10.7. The van der Waals surface area contributed by atoms with Gasteiger partial charge in [0.2, 0.25) is 5.91 Å². The summed E-state index contributed by atoms with van der Waals surface area (Å²) in [6, 6.07) is 14.4. The zero-order chi connectivity index (χ0) is 19.8. The number of benzene rings is 2. The van der Waals surface area contributed by atoms with Crippen LogP contribution in [-0.2, 0) is 4.79 Å². The highest BCUT2D eigenvalue weighted by molar-refractivity contribution is 6.00. The monoisotopic (exact) mass is 368 g/mol. The van der Waals surface area contributed by atoms with E-state index in [0.29, 0.717) is 16.9 Å². The van der Waals surface area contributed by atoms with E-state index in [-0.39, 0.29) is 17.7 Å². The fourth-order valence-corrected chi connectivity index (χ4v) is 2.47. The Morgan fingerprint density at radius 2 is 1.52 bits per heavy atom. The van der Waals surface area contributed by atoms with Crippen LogP contribution < -0.4 is 21.3 Å². The molecule has 2 aromatic rings. The maximum Gasteiger partial charge on any atom is 0.319 e. The van der Waals surface area contributed by atoms with Crippen molar-refractivity contribution in [2.45, 2.75) is 19.9 Å². The van der Waals surface area contributed by atoms with Gasteiger partial charge in [0.15, 0.2) is 0 Å². The van der Waals surface area contributed by atoms with Gasteiger partial charge in [-0.3, -0.25) is 9.59 Å². The SMILES string of the molecule is CNC(=O)c1cccc(NC(=O)[C@@H](NC(=O)Nc2ccccc2)C(C)C)c1. The predicted octanol–water partition coefficient (Wildman–Crippen LogP) is 2.83. The highest BCUT2D eigenvalue weighted by Crippen LogP contribution is 2.13. The minimum absolute atomic E-state index is 0.131. The van der Waals surface area contributed by atoms with Crippen molar-refractivity contribution in [3.8, 4) is 0 Å². The van der Waals surface area contributed by atoms with Crippen LogP contribution in [0.4, 0.5) is 16.2 Å². The summed E-state index contributed by atoms with van der Waals surface area (Å²) in [5.74, 6) is -0.734. The molecule has 0 aliphatic carbocycles. The van der Waals surface area contributed by atoms with Crippen LogP contribution in [0, 0.1) is 5.92 Å². The molecule has 27 heavy (non-hydrogen) atoms. The van der Waals surface area contributed by atoms with Crippen molar-refractivity contribution in [1.29, 1.82) is 0 Å². The first-order valence-electron chi connectivity index (χ1n) is 8.66. The lowest BCUT2D eigenvalue weighted by atomic mass is 10.0. The molecule has 0 saturated carbocycles. The van der Waals surface area contributed by atoms with Crippen LogP contribution in [0.25, 0.3) is 0 Å². The molecule has 0 radical (unpaired) electrons. The van der Waals surface area contributed by atoms with Gasteiger partial charge < -0.3 is 21.3 Å². The molecule has 2 rings (SSSR count). The average Bonchev–Trinajstić information content (AvgIpc) is 2.66. The Bertz CT molecular complexity index is 806. The van der Waals surface area contributed by atoms with Gasteiger partial charge in [0.05, 0.1) is 0 Å². The third kappa shape index (κ3) is 5.85. The summed E-state index contributed by atoms with van der Waals surface area (Å²) in [6.07, 6.45) is 0. The summed E-state index contributed by atoms with van der Waals surface area (Å²) < 4.78 is 0. The zero-order valence-electron chi connectivity index (χ0n) is 15.6. The van der Waals surface area contributed by atoms with Crippen molar-refractivity contribution in [3.63, 3.8) is 0 Å². The molecule has 7 nitrogen and oxygen atoms in total. The maximum absolute atomic E-state index is 12.6. The molecule has 0 heterocycles. The first-order valence-corrected chi connectivity index (χ1v) is 8.66. The van der Waals surface area contributed by atoms with E-state index in [9.17, 15) is 14.4 Å². The van der Waals surface area contributed by atoms with E-state index in [0.717, 1.165) is 0 Å². The van der Waals surface area contributed by atoms with E-state index in [1.165, 1.54) is 7.05 Å². The standard InChI is InChI=1S/C20H24N4O3/c1-13(2)17(24-20(27)23-15-9-5-4-6-10-15)19(26)22-16-11-7-8-14(12-16)18(25)21-3/h4-13,17H,1-3H3,(H,21,25)(H,22,26)(H2,23,24,27)/t17-/m0/s1. The molecule has 0 spiro atoms. The Hall–Kier alpha value is -3.35. The predicted molar refractivity (Wildman–Crippen MR) is 106 cm³/mol. The van der Waals surface area contributed by atoms with Crippen LogP contribution in [0.1, 0.15) is 24.2 Å². The molecule has 142 valence electrons. The van der Waals surface area contributed by atoms with Crippen molar-refractivity contribution in [2.24, 2.45) is 5.92 Å². The van der Waals surface area contributed by atoms with Gasteiger partial charge >= 0.3 is 6.03 Å². The minimum Gasteiger partial charge on any atom is -0.355 e. The molecule has 4 N–H and O–H groups in total. The van der Waals surface area contributed by atoms with Crippen LogP contribution in [0.2, 0.25) is 0 Å². The number of anilines is 2. The normalized spacial score (nSPS) is 11.4. The molecule has 0 aromatic heterocycles. The molecule has 0 aliphatic heterocycles. The molecule has 0 fully saturated rings. The number of para-hydroxylation sites is 1. The Kier molecular flexibility index (Phi) is 6.93. The van der Waals surface area contributed by atoms with Gasteiger partial charge in [-0.25, -0.2) is 4.79 Å². The summed E-state index contributed by atoms with van der Waals surface area (Å²) in [7, 11) is 1.54. The van der Waals surface area contributed by atoms with Crippen LogP contribution in [0.15, 0.2) is 54.6 Å². The van der Waals surface area contributed by atoms with Gasteiger partial charge in [0, 0.05) is 24.0 Å². The fraction of sp³-hybridized carbons (Fsp3) is 0.250. The quantitative estimate of drug-likeness (QED) is 0.631. The molecule has 0 saturated heterocycles. The number of nitrogens with one attached hydrogen (secondary N) is 4. The summed E-state index contributed by atoms with van der Waals surface area (Å²) in [4.78, 5) is 36.6. The zero-order valence-corrected chi connectivity index (χ0v) is 15.6. The topological polar surface area (TPSA) is 99.3 Å². The van der Waals surface area contributed by atoms with E-state index >= 15 is 0 Å². The van der Waals surface area contributed by atoms with Crippen molar-refractivity contribution in [2.75, 3.05) is 17.7 Å². The van der Waals surface area contributed by atoms with Crippen LogP contribution in [-0.4, -0.2) is 30.9 Å². The first kappa shape index (κ1) is 20.0. The molecular weight excluding hydrogens is 344 g/mol. The second kappa shape index (κ2) is 9.38. The number of hydrogen-bond acceptors (Lipinski definition) is 3. The number of rotatable bonds is 6. The van der Waals surface area contributed by atoms with E-state index in [1.807, 2.05) is 32.0 Å². The van der Waals surface area contributed by atoms with Crippen LogP contribution in [0.3, 0.4) is 0 Å². The Morgan fingerprint density at radius 1 is 0.852 bits per heavy atom. The van der Waals surface area contributed by atoms with E-state index in [1.54, 1.807) is 36.4 Å². The lowest BCUT2D eigenvalue weighted by Gasteiger charge is -2.22. The van der Waals surface area contributed by atoms with Gasteiger partial charge in [-0.1, -0.05) is 38.1 Å². The van der Waals surface area contributed by atoms with E-state index in [2.05, 4.69) is 21.3 Å². The van der Waals surface area contributed by atoms with Crippen molar-refractivity contribution in [1.82, 2.24) is 10.6 Å². The molecule has 7 heteroatoms. The summed E-state index contributed by atoms with van der Waals surface area (Å²) in [6.45, 7) is 3.68. The molecule has 1 atom stereocenters. The molecule has 0 aliphatic rings. The lowest BCUT2D eigenvalue weighted by Crippen LogP contribution is -2.48. The molecule has 0 unspecified atom stereocenters. The van der Waals surface area contributed by atoms with E-state index < -0.39 is 12.1 Å². The second-order valence-corrected chi connectivity index (χ2v) is 6.34. The average molecular weight is 368 g/mol. The van der Waals surface area contributed by atoms with Crippen molar-refractivity contribution < 1.29 is 14.4 Å². The van der Waals surface area contributed by atoms with Crippen LogP contribution >= 0.6 is 0 Å².